The zero-order chi connectivity index (χ0) is 15.0. The second-order valence-electron chi connectivity index (χ2n) is 4.58. The summed E-state index contributed by atoms with van der Waals surface area (Å²) in [6, 6.07) is 3.53. The van der Waals surface area contributed by atoms with E-state index in [4.69, 9.17) is 5.73 Å². The van der Waals surface area contributed by atoms with E-state index in [1.165, 1.54) is 11.3 Å². The molecule has 0 saturated heterocycles. The van der Waals surface area contributed by atoms with E-state index in [0.29, 0.717) is 11.4 Å². The first-order valence-electron chi connectivity index (χ1n) is 6.30. The number of aromatic nitrogens is 4. The maximum atomic E-state index is 12.5. The molecule has 7 heteroatoms. The van der Waals surface area contributed by atoms with Gasteiger partial charge in [-0.25, -0.2) is 0 Å². The van der Waals surface area contributed by atoms with Crippen LogP contribution in [0, 0.1) is 13.8 Å². The highest BCUT2D eigenvalue weighted by Crippen LogP contribution is 2.23. The Labute approximate surface area is 125 Å². The SMILES string of the molecule is Cc1scc(C(=O)n2nc(-c3ccncc3)nc2N)c1C. The number of aryl methyl sites for hydroxylation is 1. The van der Waals surface area contributed by atoms with E-state index in [1.54, 1.807) is 24.5 Å². The molecule has 0 spiro atoms. The maximum absolute atomic E-state index is 12.5. The van der Waals surface area contributed by atoms with E-state index >= 15 is 0 Å². The molecule has 0 amide bonds. The average Bonchev–Trinajstić information content (AvgIpc) is 3.04. The standard InChI is InChI=1S/C14H13N5OS/c1-8-9(2)21-7-11(8)13(20)19-14(15)17-12(18-19)10-3-5-16-6-4-10/h3-7H,1-2H3,(H2,15,17,18). The third-order valence-corrected chi connectivity index (χ3v) is 4.29. The summed E-state index contributed by atoms with van der Waals surface area (Å²) in [5.74, 6) is 0.227. The van der Waals surface area contributed by atoms with Crippen LogP contribution in [0.25, 0.3) is 11.4 Å². The second kappa shape index (κ2) is 5.10. The van der Waals surface area contributed by atoms with Crippen LogP contribution in [0.15, 0.2) is 29.9 Å². The van der Waals surface area contributed by atoms with E-state index in [9.17, 15) is 4.79 Å². The van der Waals surface area contributed by atoms with Crippen molar-refractivity contribution in [3.05, 3.63) is 45.9 Å². The highest BCUT2D eigenvalue weighted by atomic mass is 32.1. The lowest BCUT2D eigenvalue weighted by molar-refractivity contribution is 0.0948. The average molecular weight is 299 g/mol. The third kappa shape index (κ3) is 2.31. The highest BCUT2D eigenvalue weighted by Gasteiger charge is 2.19. The molecule has 0 aliphatic heterocycles. The van der Waals surface area contributed by atoms with Crippen molar-refractivity contribution in [3.63, 3.8) is 0 Å². The van der Waals surface area contributed by atoms with Gasteiger partial charge in [0.1, 0.15) is 0 Å². The summed E-state index contributed by atoms with van der Waals surface area (Å²) < 4.78 is 1.14. The Balaban J connectivity index is 2.02. The van der Waals surface area contributed by atoms with Crippen LogP contribution < -0.4 is 5.73 Å². The lowest BCUT2D eigenvalue weighted by Gasteiger charge is -2.01. The number of hydrogen-bond donors (Lipinski definition) is 1. The Kier molecular flexibility index (Phi) is 3.26. The molecular formula is C14H13N5OS. The first-order chi connectivity index (χ1) is 10.1. The largest absolute Gasteiger partial charge is 0.368 e. The fourth-order valence-corrected chi connectivity index (χ4v) is 2.79. The third-order valence-electron chi connectivity index (χ3n) is 3.28. The van der Waals surface area contributed by atoms with Gasteiger partial charge < -0.3 is 5.73 Å². The number of nitrogens with zero attached hydrogens (tertiary/aromatic N) is 4. The summed E-state index contributed by atoms with van der Waals surface area (Å²) in [7, 11) is 0. The minimum Gasteiger partial charge on any atom is -0.368 e. The van der Waals surface area contributed by atoms with Gasteiger partial charge in [-0.1, -0.05) is 0 Å². The number of nitrogens with two attached hydrogens (primary N) is 1. The summed E-state index contributed by atoms with van der Waals surface area (Å²) in [5.41, 5.74) is 8.15. The first kappa shape index (κ1) is 13.4. The molecule has 3 aromatic heterocycles. The van der Waals surface area contributed by atoms with Gasteiger partial charge in [-0.15, -0.1) is 16.4 Å². The van der Waals surface area contributed by atoms with Gasteiger partial charge in [0.2, 0.25) is 5.95 Å². The maximum Gasteiger partial charge on any atom is 0.282 e. The number of anilines is 1. The number of pyridine rings is 1. The Morgan fingerprint density at radius 3 is 2.62 bits per heavy atom. The van der Waals surface area contributed by atoms with E-state index < -0.39 is 0 Å². The van der Waals surface area contributed by atoms with Crippen molar-refractivity contribution in [1.82, 2.24) is 19.7 Å². The Morgan fingerprint density at radius 1 is 1.29 bits per heavy atom. The molecule has 0 aliphatic rings. The van der Waals surface area contributed by atoms with E-state index in [0.717, 1.165) is 20.7 Å². The smallest absolute Gasteiger partial charge is 0.282 e. The monoisotopic (exact) mass is 299 g/mol. The fraction of sp³-hybridized carbons (Fsp3) is 0.143. The van der Waals surface area contributed by atoms with Crippen LogP contribution in [-0.2, 0) is 0 Å². The lowest BCUT2D eigenvalue weighted by atomic mass is 10.2. The molecule has 21 heavy (non-hydrogen) atoms. The van der Waals surface area contributed by atoms with Crippen molar-refractivity contribution in [2.24, 2.45) is 0 Å². The lowest BCUT2D eigenvalue weighted by Crippen LogP contribution is -2.16. The zero-order valence-electron chi connectivity index (χ0n) is 11.6. The van der Waals surface area contributed by atoms with Crippen molar-refractivity contribution in [3.8, 4) is 11.4 Å². The number of hydrogen-bond acceptors (Lipinski definition) is 6. The van der Waals surface area contributed by atoms with Gasteiger partial charge in [-0.2, -0.15) is 9.67 Å². The molecule has 106 valence electrons. The van der Waals surface area contributed by atoms with Gasteiger partial charge >= 0.3 is 0 Å². The molecule has 6 nitrogen and oxygen atoms in total. The van der Waals surface area contributed by atoms with Crippen LogP contribution in [0.5, 0.6) is 0 Å². The number of carbonyl (C=O) groups excluding carboxylic acids is 1. The summed E-state index contributed by atoms with van der Waals surface area (Å²) in [6.07, 6.45) is 3.28. The molecule has 0 radical (unpaired) electrons. The van der Waals surface area contributed by atoms with Crippen LogP contribution in [0.3, 0.4) is 0 Å². The Bertz CT molecular complexity index is 806. The van der Waals surface area contributed by atoms with Gasteiger partial charge in [0.25, 0.3) is 5.91 Å². The summed E-state index contributed by atoms with van der Waals surface area (Å²) >= 11 is 1.53. The second-order valence-corrected chi connectivity index (χ2v) is 5.66. The van der Waals surface area contributed by atoms with Crippen molar-refractivity contribution >= 4 is 23.2 Å². The molecule has 0 saturated carbocycles. The number of carbonyl (C=O) groups is 1. The molecule has 0 aromatic carbocycles. The van der Waals surface area contributed by atoms with Crippen LogP contribution in [0.1, 0.15) is 20.8 Å². The molecule has 3 rings (SSSR count). The molecular weight excluding hydrogens is 286 g/mol. The van der Waals surface area contributed by atoms with Crippen molar-refractivity contribution < 1.29 is 4.79 Å². The summed E-state index contributed by atoms with van der Waals surface area (Å²) in [5, 5.41) is 6.03. The van der Waals surface area contributed by atoms with E-state index in [-0.39, 0.29) is 11.9 Å². The minimum absolute atomic E-state index is 0.0788. The van der Waals surface area contributed by atoms with Crippen LogP contribution in [0.4, 0.5) is 5.95 Å². The van der Waals surface area contributed by atoms with Gasteiger partial charge in [0, 0.05) is 28.2 Å². The summed E-state index contributed by atoms with van der Waals surface area (Å²) in [6.45, 7) is 3.89. The van der Waals surface area contributed by atoms with Crippen LogP contribution >= 0.6 is 11.3 Å². The van der Waals surface area contributed by atoms with Gasteiger partial charge in [-0.05, 0) is 31.5 Å². The predicted octanol–water partition coefficient (Wildman–Crippen LogP) is 2.29. The molecule has 3 heterocycles. The fourth-order valence-electron chi connectivity index (χ4n) is 1.94. The van der Waals surface area contributed by atoms with Crippen molar-refractivity contribution in [2.75, 3.05) is 5.73 Å². The normalized spacial score (nSPS) is 10.8. The topological polar surface area (TPSA) is 86.7 Å². The molecule has 0 aliphatic carbocycles. The van der Waals surface area contributed by atoms with Gasteiger partial charge in [0.15, 0.2) is 5.82 Å². The van der Waals surface area contributed by atoms with E-state index in [1.807, 2.05) is 19.2 Å². The Hall–Kier alpha value is -2.54. The van der Waals surface area contributed by atoms with Crippen molar-refractivity contribution in [1.29, 1.82) is 0 Å². The number of rotatable bonds is 2. The molecule has 0 atom stereocenters. The molecule has 0 unspecified atom stereocenters. The quantitative estimate of drug-likeness (QED) is 0.784. The zero-order valence-corrected chi connectivity index (χ0v) is 12.4. The van der Waals surface area contributed by atoms with E-state index in [2.05, 4.69) is 15.1 Å². The van der Waals surface area contributed by atoms with Crippen LogP contribution in [0.2, 0.25) is 0 Å². The Morgan fingerprint density at radius 2 is 2.00 bits per heavy atom. The number of nitrogen functional groups attached to an aromatic ring is 1. The first-order valence-corrected chi connectivity index (χ1v) is 7.18. The summed E-state index contributed by atoms with van der Waals surface area (Å²) in [4.78, 5) is 21.7. The predicted molar refractivity (Wildman–Crippen MR) is 81.2 cm³/mol. The number of thiophene rings is 1. The molecule has 0 bridgehead atoms. The highest BCUT2D eigenvalue weighted by molar-refractivity contribution is 7.10. The molecule has 2 N–H and O–H groups in total. The minimum atomic E-state index is -0.262. The molecule has 0 fully saturated rings. The van der Waals surface area contributed by atoms with Crippen molar-refractivity contribution in [2.45, 2.75) is 13.8 Å². The van der Waals surface area contributed by atoms with Gasteiger partial charge in [0.05, 0.1) is 5.56 Å². The van der Waals surface area contributed by atoms with Crippen LogP contribution in [-0.4, -0.2) is 25.7 Å². The molecule has 3 aromatic rings. The van der Waals surface area contributed by atoms with Gasteiger partial charge in [-0.3, -0.25) is 9.78 Å².